The second kappa shape index (κ2) is 11.1. The molecule has 0 aliphatic rings. The number of rotatable bonds is 10. The summed E-state index contributed by atoms with van der Waals surface area (Å²) in [5, 5.41) is 0. The van der Waals surface area contributed by atoms with Crippen LogP contribution in [0.2, 0.25) is 0 Å². The van der Waals surface area contributed by atoms with Crippen molar-refractivity contribution in [3.05, 3.63) is 90.0 Å². The van der Waals surface area contributed by atoms with E-state index in [1.807, 2.05) is 54.6 Å². The predicted octanol–water partition coefficient (Wildman–Crippen LogP) is 7.21. The Bertz CT molecular complexity index is 868. The minimum Gasteiger partial charge on any atom is -0.457 e. The number of unbranched alkanes of at least 4 members (excludes halogenated alkanes) is 4. The maximum absolute atomic E-state index is 12.4. The quantitative estimate of drug-likeness (QED) is 0.209. The average molecular weight is 389 g/mol. The highest BCUT2D eigenvalue weighted by atomic mass is 16.5. The number of carbonyl (C=O) groups is 1. The SMILES string of the molecule is CCCCCCCc1ccc(C(=O)Oc2ccc(Oc3ccccc3)cc2)cc1. The third-order valence-corrected chi connectivity index (χ3v) is 4.77. The molecule has 3 nitrogen and oxygen atoms in total. The van der Waals surface area contributed by atoms with Gasteiger partial charge in [-0.2, -0.15) is 0 Å². The van der Waals surface area contributed by atoms with E-state index in [2.05, 4.69) is 6.92 Å². The van der Waals surface area contributed by atoms with Crippen LogP contribution in [0.3, 0.4) is 0 Å². The number of para-hydroxylation sites is 1. The average Bonchev–Trinajstić information content (AvgIpc) is 2.76. The maximum atomic E-state index is 12.4. The van der Waals surface area contributed by atoms with Crippen LogP contribution in [0.5, 0.6) is 17.2 Å². The van der Waals surface area contributed by atoms with Crippen molar-refractivity contribution in [2.45, 2.75) is 45.4 Å². The molecule has 0 N–H and O–H groups in total. The first-order valence-corrected chi connectivity index (χ1v) is 10.4. The molecule has 3 aromatic carbocycles. The fourth-order valence-electron chi connectivity index (χ4n) is 3.11. The summed E-state index contributed by atoms with van der Waals surface area (Å²) in [4.78, 5) is 12.4. The molecule has 0 aliphatic heterocycles. The van der Waals surface area contributed by atoms with Crippen molar-refractivity contribution in [1.82, 2.24) is 0 Å². The van der Waals surface area contributed by atoms with Gasteiger partial charge in [0.1, 0.15) is 17.2 Å². The highest BCUT2D eigenvalue weighted by Gasteiger charge is 2.09. The molecule has 3 rings (SSSR count). The fourth-order valence-corrected chi connectivity index (χ4v) is 3.11. The highest BCUT2D eigenvalue weighted by Crippen LogP contribution is 2.24. The van der Waals surface area contributed by atoms with Crippen LogP contribution in [0.1, 0.15) is 54.9 Å². The minimum atomic E-state index is -0.351. The lowest BCUT2D eigenvalue weighted by atomic mass is 10.0. The first kappa shape index (κ1) is 20.7. The van der Waals surface area contributed by atoms with Crippen LogP contribution in [0.4, 0.5) is 0 Å². The number of hydrogen-bond acceptors (Lipinski definition) is 3. The van der Waals surface area contributed by atoms with E-state index in [0.717, 1.165) is 12.2 Å². The van der Waals surface area contributed by atoms with E-state index in [0.29, 0.717) is 17.1 Å². The zero-order valence-electron chi connectivity index (χ0n) is 17.0. The molecule has 3 heteroatoms. The molecule has 0 spiro atoms. The monoisotopic (exact) mass is 388 g/mol. The summed E-state index contributed by atoms with van der Waals surface area (Å²) in [5.74, 6) is 1.61. The van der Waals surface area contributed by atoms with Crippen LogP contribution >= 0.6 is 0 Å². The van der Waals surface area contributed by atoms with E-state index < -0.39 is 0 Å². The summed E-state index contributed by atoms with van der Waals surface area (Å²) in [7, 11) is 0. The Kier molecular flexibility index (Phi) is 7.88. The van der Waals surface area contributed by atoms with Crippen molar-refractivity contribution >= 4 is 5.97 Å². The summed E-state index contributed by atoms with van der Waals surface area (Å²) in [6.45, 7) is 2.23. The molecule has 0 saturated carbocycles. The summed E-state index contributed by atoms with van der Waals surface area (Å²) in [6.07, 6.45) is 7.39. The third kappa shape index (κ3) is 6.79. The molecule has 0 saturated heterocycles. The Morgan fingerprint density at radius 3 is 2.00 bits per heavy atom. The van der Waals surface area contributed by atoms with E-state index in [-0.39, 0.29) is 5.97 Å². The van der Waals surface area contributed by atoms with Crippen molar-refractivity contribution in [3.63, 3.8) is 0 Å². The summed E-state index contributed by atoms with van der Waals surface area (Å²) in [5.41, 5.74) is 1.82. The second-order valence-electron chi connectivity index (χ2n) is 7.14. The van der Waals surface area contributed by atoms with Gasteiger partial charge in [-0.05, 0) is 66.9 Å². The zero-order chi connectivity index (χ0) is 20.3. The summed E-state index contributed by atoms with van der Waals surface area (Å²) in [6, 6.07) is 24.3. The van der Waals surface area contributed by atoms with Crippen LogP contribution in [-0.2, 0) is 6.42 Å². The zero-order valence-corrected chi connectivity index (χ0v) is 17.0. The molecule has 0 aromatic heterocycles. The van der Waals surface area contributed by atoms with E-state index >= 15 is 0 Å². The molecule has 0 radical (unpaired) electrons. The van der Waals surface area contributed by atoms with Crippen molar-refractivity contribution in [2.75, 3.05) is 0 Å². The molecule has 0 bridgehead atoms. The molecule has 3 aromatic rings. The van der Waals surface area contributed by atoms with Crippen molar-refractivity contribution in [2.24, 2.45) is 0 Å². The van der Waals surface area contributed by atoms with Gasteiger partial charge in [-0.15, -0.1) is 0 Å². The van der Waals surface area contributed by atoms with Gasteiger partial charge in [-0.3, -0.25) is 0 Å². The van der Waals surface area contributed by atoms with E-state index in [1.54, 1.807) is 24.3 Å². The minimum absolute atomic E-state index is 0.351. The summed E-state index contributed by atoms with van der Waals surface area (Å²) < 4.78 is 11.2. The van der Waals surface area contributed by atoms with Crippen LogP contribution in [0.15, 0.2) is 78.9 Å². The number of aryl methyl sites for hydroxylation is 1. The van der Waals surface area contributed by atoms with Crippen molar-refractivity contribution in [3.8, 4) is 17.2 Å². The molecule has 0 unspecified atom stereocenters. The lowest BCUT2D eigenvalue weighted by Crippen LogP contribution is -2.08. The molecule has 0 fully saturated rings. The Morgan fingerprint density at radius 1 is 0.690 bits per heavy atom. The molecule has 0 atom stereocenters. The molecule has 29 heavy (non-hydrogen) atoms. The standard InChI is InChI=1S/C26H28O3/c1-2-3-4-5-7-10-21-13-15-22(16-14-21)26(27)29-25-19-17-24(18-20-25)28-23-11-8-6-9-12-23/h6,8-9,11-20H,2-5,7,10H2,1H3. The molecular weight excluding hydrogens is 360 g/mol. The topological polar surface area (TPSA) is 35.5 Å². The Labute approximate surface area is 173 Å². The predicted molar refractivity (Wildman–Crippen MR) is 117 cm³/mol. The van der Waals surface area contributed by atoms with Gasteiger partial charge in [0.05, 0.1) is 5.56 Å². The van der Waals surface area contributed by atoms with Gasteiger partial charge in [0.25, 0.3) is 0 Å². The van der Waals surface area contributed by atoms with Gasteiger partial charge in [-0.25, -0.2) is 4.79 Å². The van der Waals surface area contributed by atoms with Crippen LogP contribution in [0, 0.1) is 0 Å². The smallest absolute Gasteiger partial charge is 0.343 e. The van der Waals surface area contributed by atoms with Gasteiger partial charge in [0.2, 0.25) is 0 Å². The fraction of sp³-hybridized carbons (Fsp3) is 0.269. The molecular formula is C26H28O3. The van der Waals surface area contributed by atoms with E-state index in [4.69, 9.17) is 9.47 Å². The van der Waals surface area contributed by atoms with Crippen LogP contribution in [0.25, 0.3) is 0 Å². The van der Waals surface area contributed by atoms with E-state index in [9.17, 15) is 4.79 Å². The van der Waals surface area contributed by atoms with Gasteiger partial charge < -0.3 is 9.47 Å². The van der Waals surface area contributed by atoms with Crippen molar-refractivity contribution in [1.29, 1.82) is 0 Å². The molecule has 0 heterocycles. The van der Waals surface area contributed by atoms with Gasteiger partial charge in [-0.1, -0.05) is 62.9 Å². The number of hydrogen-bond donors (Lipinski definition) is 0. The lowest BCUT2D eigenvalue weighted by molar-refractivity contribution is 0.0734. The molecule has 0 amide bonds. The highest BCUT2D eigenvalue weighted by molar-refractivity contribution is 5.91. The largest absolute Gasteiger partial charge is 0.457 e. The number of benzene rings is 3. The van der Waals surface area contributed by atoms with Crippen molar-refractivity contribution < 1.29 is 14.3 Å². The lowest BCUT2D eigenvalue weighted by Gasteiger charge is -2.08. The Morgan fingerprint density at radius 2 is 1.31 bits per heavy atom. The summed E-state index contributed by atoms with van der Waals surface area (Å²) >= 11 is 0. The Hall–Kier alpha value is -3.07. The van der Waals surface area contributed by atoms with Gasteiger partial charge in [0.15, 0.2) is 0 Å². The maximum Gasteiger partial charge on any atom is 0.343 e. The molecule has 150 valence electrons. The third-order valence-electron chi connectivity index (χ3n) is 4.77. The second-order valence-corrected chi connectivity index (χ2v) is 7.14. The van der Waals surface area contributed by atoms with Crippen LogP contribution < -0.4 is 9.47 Å². The number of esters is 1. The van der Waals surface area contributed by atoms with Gasteiger partial charge in [0, 0.05) is 0 Å². The number of ether oxygens (including phenoxy) is 2. The van der Waals surface area contributed by atoms with E-state index in [1.165, 1.54) is 37.7 Å². The molecule has 0 aliphatic carbocycles. The first-order valence-electron chi connectivity index (χ1n) is 10.4. The first-order chi connectivity index (χ1) is 14.2. The van der Waals surface area contributed by atoms with Crippen LogP contribution in [-0.4, -0.2) is 5.97 Å². The normalized spacial score (nSPS) is 10.5. The van der Waals surface area contributed by atoms with Gasteiger partial charge >= 0.3 is 5.97 Å². The number of carbonyl (C=O) groups excluding carboxylic acids is 1. The Balaban J connectivity index is 1.49.